The van der Waals surface area contributed by atoms with Crippen molar-refractivity contribution in [3.05, 3.63) is 42.7 Å². The molecule has 3 rings (SSSR count). The third-order valence-corrected chi connectivity index (χ3v) is 4.55. The smallest absolute Gasteiger partial charge is 0.232 e. The molecule has 0 spiro atoms. The van der Waals surface area contributed by atoms with E-state index in [2.05, 4.69) is 30.3 Å². The van der Waals surface area contributed by atoms with Gasteiger partial charge in [-0.1, -0.05) is 12.1 Å². The molecular weight excluding hydrogens is 424 g/mol. The van der Waals surface area contributed by atoms with Gasteiger partial charge in [0, 0.05) is 17.8 Å². The van der Waals surface area contributed by atoms with Crippen LogP contribution in [0.15, 0.2) is 42.7 Å². The van der Waals surface area contributed by atoms with Crippen LogP contribution in [0.4, 0.5) is 29.0 Å². The van der Waals surface area contributed by atoms with E-state index in [1.54, 1.807) is 36.4 Å². The van der Waals surface area contributed by atoms with Crippen LogP contribution in [-0.4, -0.2) is 51.0 Å². The first kappa shape index (κ1) is 21.9. The standard InChI is InChI=1S/C19H22N6O5S/c1-28-15-9-12(10-16(29-2)17(15)30-3)22-18-20-11-21-19(24-18)23-13-7-5-6-8-14(13)25-31(4,26)27/h5-11,25H,1-4H3,(H2,20,21,22,23,24). The quantitative estimate of drug-likeness (QED) is 0.450. The van der Waals surface area contributed by atoms with E-state index in [0.29, 0.717) is 34.3 Å². The molecule has 0 unspecified atom stereocenters. The lowest BCUT2D eigenvalue weighted by Crippen LogP contribution is -2.11. The third kappa shape index (κ3) is 5.63. The average molecular weight is 446 g/mol. The highest BCUT2D eigenvalue weighted by Gasteiger charge is 2.14. The van der Waals surface area contributed by atoms with Crippen LogP contribution in [0.1, 0.15) is 0 Å². The highest BCUT2D eigenvalue weighted by molar-refractivity contribution is 7.92. The fourth-order valence-corrected chi connectivity index (χ4v) is 3.28. The van der Waals surface area contributed by atoms with Gasteiger partial charge in [-0.05, 0) is 12.1 Å². The molecule has 0 saturated heterocycles. The fourth-order valence-electron chi connectivity index (χ4n) is 2.70. The zero-order valence-electron chi connectivity index (χ0n) is 17.3. The molecule has 12 heteroatoms. The molecule has 0 aliphatic carbocycles. The van der Waals surface area contributed by atoms with Gasteiger partial charge in [0.2, 0.25) is 27.7 Å². The van der Waals surface area contributed by atoms with Gasteiger partial charge in [-0.2, -0.15) is 4.98 Å². The average Bonchev–Trinajstić information content (AvgIpc) is 2.73. The Morgan fingerprint density at radius 1 is 0.839 bits per heavy atom. The van der Waals surface area contributed by atoms with E-state index in [-0.39, 0.29) is 11.9 Å². The van der Waals surface area contributed by atoms with Crippen LogP contribution >= 0.6 is 0 Å². The van der Waals surface area contributed by atoms with Crippen LogP contribution in [0.5, 0.6) is 17.2 Å². The summed E-state index contributed by atoms with van der Waals surface area (Å²) in [6.07, 6.45) is 2.40. The number of benzene rings is 2. The van der Waals surface area contributed by atoms with Crippen LogP contribution in [0.3, 0.4) is 0 Å². The first-order valence-corrected chi connectivity index (χ1v) is 10.8. The number of rotatable bonds is 9. The van der Waals surface area contributed by atoms with Crippen LogP contribution in [-0.2, 0) is 10.0 Å². The van der Waals surface area contributed by atoms with E-state index in [9.17, 15) is 8.42 Å². The van der Waals surface area contributed by atoms with Gasteiger partial charge in [-0.25, -0.2) is 18.4 Å². The zero-order chi connectivity index (χ0) is 22.4. The molecule has 0 aliphatic heterocycles. The van der Waals surface area contributed by atoms with Crippen LogP contribution < -0.4 is 29.6 Å². The first-order valence-electron chi connectivity index (χ1n) is 8.93. The Morgan fingerprint density at radius 3 is 1.97 bits per heavy atom. The molecule has 0 saturated carbocycles. The molecule has 0 bridgehead atoms. The van der Waals surface area contributed by atoms with Crippen molar-refractivity contribution in [2.45, 2.75) is 0 Å². The Hall–Kier alpha value is -3.80. The SMILES string of the molecule is COc1cc(Nc2ncnc(Nc3ccccc3NS(C)(=O)=O)n2)cc(OC)c1OC. The number of sulfonamides is 1. The number of hydrogen-bond acceptors (Lipinski definition) is 10. The Bertz CT molecular complexity index is 1150. The molecule has 0 atom stereocenters. The van der Waals surface area contributed by atoms with Gasteiger partial charge in [0.05, 0.1) is 39.0 Å². The maximum atomic E-state index is 11.6. The first-order chi connectivity index (χ1) is 14.8. The summed E-state index contributed by atoms with van der Waals surface area (Å²) in [6.45, 7) is 0. The van der Waals surface area contributed by atoms with Crippen molar-refractivity contribution in [1.82, 2.24) is 15.0 Å². The summed E-state index contributed by atoms with van der Waals surface area (Å²) in [5.74, 6) is 1.87. The molecule has 3 N–H and O–H groups in total. The van der Waals surface area contributed by atoms with Gasteiger partial charge in [0.1, 0.15) is 6.33 Å². The lowest BCUT2D eigenvalue weighted by molar-refractivity contribution is 0.324. The minimum Gasteiger partial charge on any atom is -0.493 e. The second-order valence-electron chi connectivity index (χ2n) is 6.22. The Morgan fingerprint density at radius 2 is 1.42 bits per heavy atom. The summed E-state index contributed by atoms with van der Waals surface area (Å²) in [7, 11) is 1.12. The molecule has 1 heterocycles. The van der Waals surface area contributed by atoms with E-state index in [1.807, 2.05) is 0 Å². The largest absolute Gasteiger partial charge is 0.493 e. The van der Waals surface area contributed by atoms with Crippen molar-refractivity contribution in [2.24, 2.45) is 0 Å². The van der Waals surface area contributed by atoms with Gasteiger partial charge >= 0.3 is 0 Å². The summed E-state index contributed by atoms with van der Waals surface area (Å²) >= 11 is 0. The zero-order valence-corrected chi connectivity index (χ0v) is 18.1. The van der Waals surface area contributed by atoms with Gasteiger partial charge < -0.3 is 24.8 Å². The van der Waals surface area contributed by atoms with Crippen LogP contribution in [0.25, 0.3) is 0 Å². The number of hydrogen-bond donors (Lipinski definition) is 3. The van der Waals surface area contributed by atoms with Crippen molar-refractivity contribution in [3.63, 3.8) is 0 Å². The molecule has 0 aliphatic rings. The summed E-state index contributed by atoms with van der Waals surface area (Å²) in [5.41, 5.74) is 1.45. The summed E-state index contributed by atoms with van der Waals surface area (Å²) in [5, 5.41) is 6.04. The molecule has 0 radical (unpaired) electrons. The number of aromatic nitrogens is 3. The van der Waals surface area contributed by atoms with Crippen molar-refractivity contribution in [1.29, 1.82) is 0 Å². The molecule has 31 heavy (non-hydrogen) atoms. The normalized spacial score (nSPS) is 10.8. The fraction of sp³-hybridized carbons (Fsp3) is 0.211. The molecule has 3 aromatic rings. The van der Waals surface area contributed by atoms with Crippen LogP contribution in [0, 0.1) is 0 Å². The number of methoxy groups -OCH3 is 3. The number of para-hydroxylation sites is 2. The molecule has 1 aromatic heterocycles. The van der Waals surface area contributed by atoms with Gasteiger partial charge in [-0.15, -0.1) is 0 Å². The lowest BCUT2D eigenvalue weighted by atomic mass is 10.2. The maximum Gasteiger partial charge on any atom is 0.232 e. The molecule has 2 aromatic carbocycles. The minimum atomic E-state index is -3.45. The second-order valence-corrected chi connectivity index (χ2v) is 7.96. The summed E-state index contributed by atoms with van der Waals surface area (Å²) in [6, 6.07) is 10.2. The van der Waals surface area contributed by atoms with Crippen molar-refractivity contribution >= 4 is 39.0 Å². The number of nitrogens with zero attached hydrogens (tertiary/aromatic N) is 3. The molecule has 0 fully saturated rings. The minimum absolute atomic E-state index is 0.215. The number of anilines is 5. The summed E-state index contributed by atoms with van der Waals surface area (Å²) in [4.78, 5) is 12.5. The van der Waals surface area contributed by atoms with Gasteiger partial charge in [-0.3, -0.25) is 4.72 Å². The van der Waals surface area contributed by atoms with E-state index in [4.69, 9.17) is 14.2 Å². The Balaban J connectivity index is 1.86. The van der Waals surface area contributed by atoms with Crippen molar-refractivity contribution in [2.75, 3.05) is 42.9 Å². The molecule has 0 amide bonds. The number of ether oxygens (including phenoxy) is 3. The Kier molecular flexibility index (Phi) is 6.60. The van der Waals surface area contributed by atoms with E-state index < -0.39 is 10.0 Å². The number of nitrogens with one attached hydrogen (secondary N) is 3. The topological polar surface area (TPSA) is 137 Å². The predicted molar refractivity (Wildman–Crippen MR) is 117 cm³/mol. The molecule has 164 valence electrons. The summed E-state index contributed by atoms with van der Waals surface area (Å²) < 4.78 is 41.6. The Labute approximate surface area is 179 Å². The predicted octanol–water partition coefficient (Wildman–Crippen LogP) is 2.76. The monoisotopic (exact) mass is 446 g/mol. The molecule has 11 nitrogen and oxygen atoms in total. The third-order valence-electron chi connectivity index (χ3n) is 3.96. The van der Waals surface area contributed by atoms with Crippen LogP contribution in [0.2, 0.25) is 0 Å². The van der Waals surface area contributed by atoms with E-state index in [1.165, 1.54) is 27.7 Å². The van der Waals surface area contributed by atoms with Gasteiger partial charge in [0.25, 0.3) is 0 Å². The van der Waals surface area contributed by atoms with Crippen molar-refractivity contribution in [3.8, 4) is 17.2 Å². The molecular formula is C19H22N6O5S. The highest BCUT2D eigenvalue weighted by atomic mass is 32.2. The maximum absolute atomic E-state index is 11.6. The van der Waals surface area contributed by atoms with Gasteiger partial charge in [0.15, 0.2) is 11.5 Å². The second kappa shape index (κ2) is 9.34. The lowest BCUT2D eigenvalue weighted by Gasteiger charge is -2.15. The van der Waals surface area contributed by atoms with Crippen molar-refractivity contribution < 1.29 is 22.6 Å². The van der Waals surface area contributed by atoms with E-state index >= 15 is 0 Å². The highest BCUT2D eigenvalue weighted by Crippen LogP contribution is 2.40. The van der Waals surface area contributed by atoms with E-state index in [0.717, 1.165) is 6.26 Å².